The minimum Gasteiger partial charge on any atom is -0.478 e. The molecule has 1 amide bonds. The number of hydrogen-bond donors (Lipinski definition) is 1. The van der Waals surface area contributed by atoms with Gasteiger partial charge in [0.25, 0.3) is 5.91 Å². The van der Waals surface area contributed by atoms with E-state index < -0.39 is 5.97 Å². The molecule has 6 heteroatoms. The van der Waals surface area contributed by atoms with Crippen LogP contribution in [0.1, 0.15) is 29.8 Å². The number of benzene rings is 3. The van der Waals surface area contributed by atoms with Crippen LogP contribution in [0.3, 0.4) is 0 Å². The summed E-state index contributed by atoms with van der Waals surface area (Å²) in [5.74, 6) is 0.0497. The van der Waals surface area contributed by atoms with Gasteiger partial charge in [-0.2, -0.15) is 10.1 Å². The summed E-state index contributed by atoms with van der Waals surface area (Å²) in [6.07, 6.45) is 1.80. The number of carboxylic acid groups (broad SMARTS) is 1. The first-order valence-corrected chi connectivity index (χ1v) is 10.2. The van der Waals surface area contributed by atoms with Crippen LogP contribution in [0.25, 0.3) is 6.08 Å². The van der Waals surface area contributed by atoms with Crippen molar-refractivity contribution in [3.05, 3.63) is 95.6 Å². The second kappa shape index (κ2) is 8.89. The lowest BCUT2D eigenvalue weighted by Gasteiger charge is -2.12. The Hall–Kier alpha value is -4.19. The summed E-state index contributed by atoms with van der Waals surface area (Å²) in [6.45, 7) is 3.95. The summed E-state index contributed by atoms with van der Waals surface area (Å²) in [7, 11) is 0. The van der Waals surface area contributed by atoms with E-state index >= 15 is 0 Å². The summed E-state index contributed by atoms with van der Waals surface area (Å²) in [5, 5.41) is 15.0. The predicted octanol–water partition coefficient (Wildman–Crippen LogP) is 5.62. The first-order chi connectivity index (χ1) is 15.4. The number of anilines is 1. The van der Waals surface area contributed by atoms with Gasteiger partial charge in [-0.1, -0.05) is 50.2 Å². The van der Waals surface area contributed by atoms with Crippen molar-refractivity contribution in [3.63, 3.8) is 0 Å². The second-order valence-electron chi connectivity index (χ2n) is 7.62. The van der Waals surface area contributed by atoms with Gasteiger partial charge < -0.3 is 9.84 Å². The van der Waals surface area contributed by atoms with Crippen LogP contribution in [-0.2, 0) is 4.79 Å². The third kappa shape index (κ3) is 4.30. The van der Waals surface area contributed by atoms with Crippen LogP contribution in [0.4, 0.5) is 5.69 Å². The lowest BCUT2D eigenvalue weighted by molar-refractivity contribution is -0.114. The van der Waals surface area contributed by atoms with Crippen molar-refractivity contribution >= 4 is 29.4 Å². The van der Waals surface area contributed by atoms with Gasteiger partial charge in [-0.25, -0.2) is 4.79 Å². The van der Waals surface area contributed by atoms with E-state index in [4.69, 9.17) is 9.84 Å². The maximum atomic E-state index is 13.3. The Morgan fingerprint density at radius 3 is 2.28 bits per heavy atom. The lowest BCUT2D eigenvalue weighted by Crippen LogP contribution is -2.21. The molecule has 0 unspecified atom stereocenters. The molecule has 0 saturated carbocycles. The Labute approximate surface area is 186 Å². The van der Waals surface area contributed by atoms with Crippen molar-refractivity contribution in [1.82, 2.24) is 0 Å². The minimum atomic E-state index is -1.02. The molecule has 32 heavy (non-hydrogen) atoms. The number of aromatic carboxylic acids is 1. The molecule has 0 atom stereocenters. The molecule has 6 nitrogen and oxygen atoms in total. The molecular weight excluding hydrogens is 404 g/mol. The number of hydrogen-bond acceptors (Lipinski definition) is 4. The van der Waals surface area contributed by atoms with Crippen molar-refractivity contribution in [3.8, 4) is 11.5 Å². The van der Waals surface area contributed by atoms with Crippen LogP contribution in [0, 0.1) is 5.92 Å². The first-order valence-electron chi connectivity index (χ1n) is 10.2. The van der Waals surface area contributed by atoms with Gasteiger partial charge in [-0.15, -0.1) is 0 Å². The molecule has 1 aliphatic rings. The molecule has 0 saturated heterocycles. The van der Waals surface area contributed by atoms with E-state index in [1.807, 2.05) is 68.4 Å². The molecule has 160 valence electrons. The van der Waals surface area contributed by atoms with Crippen LogP contribution in [-0.4, -0.2) is 22.7 Å². The molecule has 0 spiro atoms. The van der Waals surface area contributed by atoms with Crippen molar-refractivity contribution in [2.75, 3.05) is 5.01 Å². The summed E-state index contributed by atoms with van der Waals surface area (Å²) in [5.41, 5.74) is 2.56. The van der Waals surface area contributed by atoms with Gasteiger partial charge in [-0.3, -0.25) is 4.79 Å². The average molecular weight is 426 g/mol. The summed E-state index contributed by atoms with van der Waals surface area (Å²) >= 11 is 0. The van der Waals surface area contributed by atoms with Gasteiger partial charge >= 0.3 is 5.97 Å². The number of amides is 1. The highest BCUT2D eigenvalue weighted by Crippen LogP contribution is 2.31. The first kappa shape index (κ1) is 21.1. The van der Waals surface area contributed by atoms with E-state index in [2.05, 4.69) is 5.10 Å². The van der Waals surface area contributed by atoms with Crippen LogP contribution in [0.5, 0.6) is 11.5 Å². The molecule has 4 rings (SSSR count). The van der Waals surface area contributed by atoms with E-state index in [1.165, 1.54) is 17.1 Å². The zero-order valence-electron chi connectivity index (χ0n) is 17.7. The Morgan fingerprint density at radius 1 is 0.969 bits per heavy atom. The monoisotopic (exact) mass is 426 g/mol. The van der Waals surface area contributed by atoms with E-state index in [9.17, 15) is 9.59 Å². The number of carbonyl (C=O) groups is 2. The molecule has 1 N–H and O–H groups in total. The quantitative estimate of drug-likeness (QED) is 0.519. The number of rotatable bonds is 6. The van der Waals surface area contributed by atoms with Gasteiger partial charge in [0.15, 0.2) is 0 Å². The van der Waals surface area contributed by atoms with E-state index in [0.29, 0.717) is 28.5 Å². The van der Waals surface area contributed by atoms with Crippen molar-refractivity contribution in [1.29, 1.82) is 0 Å². The molecule has 0 bridgehead atoms. The fourth-order valence-corrected chi connectivity index (χ4v) is 3.38. The van der Waals surface area contributed by atoms with Crippen molar-refractivity contribution in [2.24, 2.45) is 11.0 Å². The third-order valence-corrected chi connectivity index (χ3v) is 5.00. The highest BCUT2D eigenvalue weighted by molar-refractivity contribution is 6.33. The zero-order valence-corrected chi connectivity index (χ0v) is 17.7. The summed E-state index contributed by atoms with van der Waals surface area (Å²) in [6, 6.07) is 23.0. The number of hydrazone groups is 1. The van der Waals surface area contributed by atoms with Gasteiger partial charge in [0.05, 0.1) is 22.5 Å². The highest BCUT2D eigenvalue weighted by Gasteiger charge is 2.32. The SMILES string of the molecule is CC(C)C1=NN(c2ccc(C(=O)O)cc2)C(=O)/C1=C\c1ccccc1Oc1ccccc1. The molecule has 0 aromatic heterocycles. The van der Waals surface area contributed by atoms with Crippen molar-refractivity contribution < 1.29 is 19.4 Å². The van der Waals surface area contributed by atoms with Crippen LogP contribution < -0.4 is 9.75 Å². The Balaban J connectivity index is 1.70. The number of nitrogens with zero attached hydrogens (tertiary/aromatic N) is 2. The Bertz CT molecular complexity index is 1210. The molecule has 1 heterocycles. The molecule has 3 aromatic rings. The summed E-state index contributed by atoms with van der Waals surface area (Å²) in [4.78, 5) is 24.4. The zero-order chi connectivity index (χ0) is 22.7. The maximum Gasteiger partial charge on any atom is 0.335 e. The van der Waals surface area contributed by atoms with E-state index in [1.54, 1.807) is 18.2 Å². The number of carboxylic acids is 1. The number of para-hydroxylation sites is 2. The smallest absolute Gasteiger partial charge is 0.335 e. The maximum absolute atomic E-state index is 13.3. The molecular formula is C26H22N2O4. The topological polar surface area (TPSA) is 79.2 Å². The number of carbonyl (C=O) groups excluding carboxylic acids is 1. The van der Waals surface area contributed by atoms with Gasteiger partial charge in [-0.05, 0) is 54.5 Å². The predicted molar refractivity (Wildman–Crippen MR) is 124 cm³/mol. The van der Waals surface area contributed by atoms with E-state index in [-0.39, 0.29) is 17.4 Å². The third-order valence-electron chi connectivity index (χ3n) is 5.00. The Morgan fingerprint density at radius 2 is 1.62 bits per heavy atom. The minimum absolute atomic E-state index is 0.00990. The molecule has 3 aromatic carbocycles. The molecule has 1 aliphatic heterocycles. The second-order valence-corrected chi connectivity index (χ2v) is 7.62. The fraction of sp³-hybridized carbons (Fsp3) is 0.115. The standard InChI is InChI=1S/C26H22N2O4/c1-17(2)24-22(25(29)28(27-24)20-14-12-18(13-15-20)26(30)31)16-19-8-6-7-11-23(19)32-21-9-4-3-5-10-21/h3-17H,1-2H3,(H,30,31)/b22-16-. The van der Waals surface area contributed by atoms with Crippen LogP contribution in [0.15, 0.2) is 89.5 Å². The molecule has 0 radical (unpaired) electrons. The Kier molecular flexibility index (Phi) is 5.85. The van der Waals surface area contributed by atoms with Gasteiger partial charge in [0.2, 0.25) is 0 Å². The largest absolute Gasteiger partial charge is 0.478 e. The van der Waals surface area contributed by atoms with E-state index in [0.717, 1.165) is 5.56 Å². The molecule has 0 fully saturated rings. The normalized spacial score (nSPS) is 14.7. The average Bonchev–Trinajstić information content (AvgIpc) is 3.12. The lowest BCUT2D eigenvalue weighted by atomic mass is 9.98. The van der Waals surface area contributed by atoms with Crippen LogP contribution >= 0.6 is 0 Å². The highest BCUT2D eigenvalue weighted by atomic mass is 16.5. The van der Waals surface area contributed by atoms with Crippen LogP contribution in [0.2, 0.25) is 0 Å². The molecule has 0 aliphatic carbocycles. The van der Waals surface area contributed by atoms with Gasteiger partial charge in [0.1, 0.15) is 11.5 Å². The van der Waals surface area contributed by atoms with Crippen molar-refractivity contribution in [2.45, 2.75) is 13.8 Å². The fourth-order valence-electron chi connectivity index (χ4n) is 3.38. The summed E-state index contributed by atoms with van der Waals surface area (Å²) < 4.78 is 6.03. The van der Waals surface area contributed by atoms with Gasteiger partial charge in [0, 0.05) is 5.56 Å². The number of ether oxygens (including phenoxy) is 1.